The number of halogens is 1. The lowest BCUT2D eigenvalue weighted by atomic mass is 9.73. The van der Waals surface area contributed by atoms with Gasteiger partial charge in [0.15, 0.2) is 0 Å². The van der Waals surface area contributed by atoms with Gasteiger partial charge in [0, 0.05) is 23.8 Å². The molecule has 0 spiro atoms. The largest absolute Gasteiger partial charge is 0.381 e. The summed E-state index contributed by atoms with van der Waals surface area (Å²) in [6, 6.07) is 16.0. The van der Waals surface area contributed by atoms with Crippen LogP contribution in [0.4, 0.5) is 0 Å². The van der Waals surface area contributed by atoms with Crippen LogP contribution in [0, 0.1) is 0 Å². The molecular formula is C19H19ClN2O3. The van der Waals surface area contributed by atoms with E-state index in [1.54, 1.807) is 36.4 Å². The van der Waals surface area contributed by atoms with Gasteiger partial charge in [0.05, 0.1) is 5.41 Å². The molecule has 3 rings (SSSR count). The fourth-order valence-electron chi connectivity index (χ4n) is 3.05. The Morgan fingerprint density at radius 2 is 1.68 bits per heavy atom. The lowest BCUT2D eigenvalue weighted by molar-refractivity contribution is -0.131. The molecule has 25 heavy (non-hydrogen) atoms. The standard InChI is InChI=1S/C19H19ClN2O3/c20-16-8-4-7-15(13-16)19(9-11-25-12-10-19)18(24)22-21-17(23)14-5-2-1-3-6-14/h1-8,13H,9-12H2,(H,21,23)(H,22,24). The van der Waals surface area contributed by atoms with Crippen LogP contribution in [-0.2, 0) is 14.9 Å². The minimum Gasteiger partial charge on any atom is -0.381 e. The second-order valence-electron chi connectivity index (χ2n) is 5.98. The second kappa shape index (κ2) is 7.68. The van der Waals surface area contributed by atoms with Crippen LogP contribution in [-0.4, -0.2) is 25.0 Å². The zero-order valence-electron chi connectivity index (χ0n) is 13.6. The van der Waals surface area contributed by atoms with Crippen LogP contribution in [0.2, 0.25) is 5.02 Å². The number of amides is 2. The summed E-state index contributed by atoms with van der Waals surface area (Å²) in [6.07, 6.45) is 1.06. The molecule has 130 valence electrons. The quantitative estimate of drug-likeness (QED) is 0.829. The molecule has 6 heteroatoms. The molecule has 0 aromatic heterocycles. The molecule has 0 unspecified atom stereocenters. The Hall–Kier alpha value is -2.37. The number of hydrazine groups is 1. The molecule has 0 bridgehead atoms. The molecule has 2 aromatic carbocycles. The summed E-state index contributed by atoms with van der Waals surface area (Å²) in [5.41, 5.74) is 5.60. The van der Waals surface area contributed by atoms with Crippen molar-refractivity contribution in [2.75, 3.05) is 13.2 Å². The third kappa shape index (κ3) is 3.83. The average molecular weight is 359 g/mol. The third-order valence-corrected chi connectivity index (χ3v) is 4.72. The molecule has 5 nitrogen and oxygen atoms in total. The van der Waals surface area contributed by atoms with Gasteiger partial charge in [0.2, 0.25) is 5.91 Å². The van der Waals surface area contributed by atoms with Crippen molar-refractivity contribution in [2.45, 2.75) is 18.3 Å². The molecule has 0 saturated carbocycles. The van der Waals surface area contributed by atoms with Crippen molar-refractivity contribution in [3.63, 3.8) is 0 Å². The predicted octanol–water partition coefficient (Wildman–Crippen LogP) is 2.85. The van der Waals surface area contributed by atoms with Gasteiger partial charge in [0.25, 0.3) is 5.91 Å². The van der Waals surface area contributed by atoms with Crippen molar-refractivity contribution in [2.24, 2.45) is 0 Å². The van der Waals surface area contributed by atoms with Crippen LogP contribution in [0.1, 0.15) is 28.8 Å². The van der Waals surface area contributed by atoms with Gasteiger partial charge in [-0.3, -0.25) is 20.4 Å². The maximum atomic E-state index is 12.9. The molecule has 0 aliphatic carbocycles. The molecular weight excluding hydrogens is 340 g/mol. The number of ether oxygens (including phenoxy) is 1. The summed E-state index contributed by atoms with van der Waals surface area (Å²) in [5.74, 6) is -0.621. The summed E-state index contributed by atoms with van der Waals surface area (Å²) in [5, 5.41) is 0.574. The number of hydrogen-bond donors (Lipinski definition) is 2. The maximum Gasteiger partial charge on any atom is 0.269 e. The van der Waals surface area contributed by atoms with E-state index in [1.165, 1.54) is 0 Å². The van der Waals surface area contributed by atoms with E-state index in [9.17, 15) is 9.59 Å². The van der Waals surface area contributed by atoms with Crippen LogP contribution in [0.3, 0.4) is 0 Å². The zero-order valence-corrected chi connectivity index (χ0v) is 14.4. The minimum atomic E-state index is -0.771. The van der Waals surface area contributed by atoms with E-state index in [0.717, 1.165) is 5.56 Å². The lowest BCUT2D eigenvalue weighted by Gasteiger charge is -2.36. The molecule has 0 atom stereocenters. The summed E-state index contributed by atoms with van der Waals surface area (Å²) < 4.78 is 5.42. The minimum absolute atomic E-state index is 0.262. The highest BCUT2D eigenvalue weighted by Crippen LogP contribution is 2.36. The van der Waals surface area contributed by atoms with Crippen LogP contribution in [0.5, 0.6) is 0 Å². The molecule has 1 aliphatic heterocycles. The molecule has 2 N–H and O–H groups in total. The highest BCUT2D eigenvalue weighted by Gasteiger charge is 2.42. The molecule has 1 heterocycles. The first kappa shape index (κ1) is 17.5. The molecule has 2 aromatic rings. The maximum absolute atomic E-state index is 12.9. The third-order valence-electron chi connectivity index (χ3n) is 4.48. The van der Waals surface area contributed by atoms with E-state index in [-0.39, 0.29) is 11.8 Å². The number of rotatable bonds is 3. The van der Waals surface area contributed by atoms with E-state index < -0.39 is 5.41 Å². The van der Waals surface area contributed by atoms with Gasteiger partial charge in [-0.25, -0.2) is 0 Å². The summed E-state index contributed by atoms with van der Waals surface area (Å²) >= 11 is 6.11. The van der Waals surface area contributed by atoms with Gasteiger partial charge in [-0.05, 0) is 42.7 Å². The normalized spacial score (nSPS) is 16.0. The van der Waals surface area contributed by atoms with Gasteiger partial charge in [-0.15, -0.1) is 0 Å². The van der Waals surface area contributed by atoms with E-state index in [4.69, 9.17) is 16.3 Å². The Kier molecular flexibility index (Phi) is 5.36. The first-order chi connectivity index (χ1) is 12.1. The van der Waals surface area contributed by atoms with Gasteiger partial charge in [-0.1, -0.05) is 41.9 Å². The van der Waals surface area contributed by atoms with E-state index >= 15 is 0 Å². The van der Waals surface area contributed by atoms with E-state index in [2.05, 4.69) is 10.9 Å². The highest BCUT2D eigenvalue weighted by atomic mass is 35.5. The average Bonchev–Trinajstić information content (AvgIpc) is 2.67. The topological polar surface area (TPSA) is 67.4 Å². The molecule has 0 radical (unpaired) electrons. The molecule has 1 aliphatic rings. The van der Waals surface area contributed by atoms with Gasteiger partial charge < -0.3 is 4.74 Å². The predicted molar refractivity (Wildman–Crippen MR) is 95.2 cm³/mol. The molecule has 1 fully saturated rings. The first-order valence-corrected chi connectivity index (χ1v) is 8.49. The Labute approximate surface area is 151 Å². The number of carbonyl (C=O) groups excluding carboxylic acids is 2. The van der Waals surface area contributed by atoms with Crippen LogP contribution >= 0.6 is 11.6 Å². The number of nitrogens with one attached hydrogen (secondary N) is 2. The van der Waals surface area contributed by atoms with E-state index in [0.29, 0.717) is 36.6 Å². The fourth-order valence-corrected chi connectivity index (χ4v) is 3.24. The fraction of sp³-hybridized carbons (Fsp3) is 0.263. The van der Waals surface area contributed by atoms with Crippen molar-refractivity contribution in [3.8, 4) is 0 Å². The number of carbonyl (C=O) groups is 2. The summed E-state index contributed by atoms with van der Waals surface area (Å²) in [7, 11) is 0. The Bertz CT molecular complexity index is 758. The monoisotopic (exact) mass is 358 g/mol. The van der Waals surface area contributed by atoms with E-state index in [1.807, 2.05) is 18.2 Å². The summed E-state index contributed by atoms with van der Waals surface area (Å²) in [6.45, 7) is 0.957. The lowest BCUT2D eigenvalue weighted by Crippen LogP contribution is -2.53. The Morgan fingerprint density at radius 1 is 0.960 bits per heavy atom. The second-order valence-corrected chi connectivity index (χ2v) is 6.42. The van der Waals surface area contributed by atoms with Crippen LogP contribution in [0.15, 0.2) is 54.6 Å². The van der Waals surface area contributed by atoms with Gasteiger partial charge in [0.1, 0.15) is 0 Å². The van der Waals surface area contributed by atoms with Gasteiger partial charge >= 0.3 is 0 Å². The first-order valence-electron chi connectivity index (χ1n) is 8.11. The highest BCUT2D eigenvalue weighted by molar-refractivity contribution is 6.30. The number of benzene rings is 2. The van der Waals surface area contributed by atoms with Crippen molar-refractivity contribution in [1.29, 1.82) is 0 Å². The van der Waals surface area contributed by atoms with Crippen LogP contribution in [0.25, 0.3) is 0 Å². The van der Waals surface area contributed by atoms with Crippen molar-refractivity contribution in [1.82, 2.24) is 10.9 Å². The number of hydrogen-bond acceptors (Lipinski definition) is 3. The van der Waals surface area contributed by atoms with Crippen molar-refractivity contribution in [3.05, 3.63) is 70.7 Å². The zero-order chi connectivity index (χ0) is 17.7. The van der Waals surface area contributed by atoms with Gasteiger partial charge in [-0.2, -0.15) is 0 Å². The van der Waals surface area contributed by atoms with Crippen molar-refractivity contribution >= 4 is 23.4 Å². The summed E-state index contributed by atoms with van der Waals surface area (Å²) in [4.78, 5) is 25.1. The van der Waals surface area contributed by atoms with Crippen molar-refractivity contribution < 1.29 is 14.3 Å². The molecule has 2 amide bonds. The van der Waals surface area contributed by atoms with Crippen LogP contribution < -0.4 is 10.9 Å². The SMILES string of the molecule is O=C(NNC(=O)C1(c2cccc(Cl)c2)CCOCC1)c1ccccc1. The Morgan fingerprint density at radius 3 is 2.36 bits per heavy atom. The smallest absolute Gasteiger partial charge is 0.269 e. The molecule has 1 saturated heterocycles. The Balaban J connectivity index is 1.77.